The van der Waals surface area contributed by atoms with Crippen molar-refractivity contribution in [1.82, 2.24) is 0 Å². The number of thiophene rings is 2. The molecule has 2 aromatic heterocycles. The molecule has 3 aromatic rings. The van der Waals surface area contributed by atoms with Crippen molar-refractivity contribution in [1.29, 1.82) is 0 Å². The zero-order valence-electron chi connectivity index (χ0n) is 20.9. The molecule has 37 heavy (non-hydrogen) atoms. The fraction of sp³-hybridized carbons (Fsp3) is 0.429. The lowest BCUT2D eigenvalue weighted by atomic mass is 9.83. The van der Waals surface area contributed by atoms with E-state index in [1.54, 1.807) is 12.1 Å². The molecule has 2 N–H and O–H groups in total. The van der Waals surface area contributed by atoms with E-state index in [1.807, 2.05) is 47.2 Å². The van der Waals surface area contributed by atoms with Crippen LogP contribution < -0.4 is 10.1 Å². The fourth-order valence-electron chi connectivity index (χ4n) is 5.61. The van der Waals surface area contributed by atoms with E-state index in [0.29, 0.717) is 22.3 Å². The molecule has 196 valence electrons. The molecule has 1 amide bonds. The van der Waals surface area contributed by atoms with Crippen LogP contribution in [0.25, 0.3) is 0 Å². The van der Waals surface area contributed by atoms with Crippen molar-refractivity contribution < 1.29 is 28.7 Å². The van der Waals surface area contributed by atoms with Crippen molar-refractivity contribution in [3.8, 4) is 5.75 Å². The van der Waals surface area contributed by atoms with E-state index in [2.05, 4.69) is 5.32 Å². The van der Waals surface area contributed by atoms with Gasteiger partial charge in [-0.25, -0.2) is 4.79 Å². The number of aliphatic hydroxyl groups is 1. The predicted octanol–water partition coefficient (Wildman–Crippen LogP) is 4.63. The molecule has 0 aliphatic carbocycles. The molecule has 1 atom stereocenters. The normalized spacial score (nSPS) is 23.0. The molecule has 5 heterocycles. The van der Waals surface area contributed by atoms with E-state index in [0.717, 1.165) is 61.4 Å². The highest BCUT2D eigenvalue weighted by molar-refractivity contribution is 7.12. The van der Waals surface area contributed by atoms with Crippen LogP contribution in [0.5, 0.6) is 5.75 Å². The average molecular weight is 542 g/mol. The third-order valence-electron chi connectivity index (χ3n) is 7.57. The van der Waals surface area contributed by atoms with E-state index in [1.165, 1.54) is 29.6 Å². The smallest absolute Gasteiger partial charge is 0.349 e. The van der Waals surface area contributed by atoms with Crippen LogP contribution in [-0.2, 0) is 19.9 Å². The number of nitrogens with one attached hydrogen (secondary N) is 1. The molecule has 1 aromatic carbocycles. The third kappa shape index (κ3) is 5.60. The topological polar surface area (TPSA) is 84.9 Å². The summed E-state index contributed by atoms with van der Waals surface area (Å²) < 4.78 is 13.0. The van der Waals surface area contributed by atoms with Gasteiger partial charge in [0, 0.05) is 37.8 Å². The number of benzene rings is 1. The molecular weight excluding hydrogens is 508 g/mol. The van der Waals surface area contributed by atoms with Crippen LogP contribution in [0.15, 0.2) is 59.3 Å². The maximum Gasteiger partial charge on any atom is 0.349 e. The Balaban J connectivity index is 1.18. The van der Waals surface area contributed by atoms with Gasteiger partial charge in [0.15, 0.2) is 6.10 Å². The van der Waals surface area contributed by atoms with Crippen molar-refractivity contribution in [3.63, 3.8) is 0 Å². The zero-order chi connectivity index (χ0) is 25.9. The predicted molar refractivity (Wildman–Crippen MR) is 145 cm³/mol. The average Bonchev–Trinajstić information content (AvgIpc) is 3.63. The second-order valence-electron chi connectivity index (χ2n) is 10.0. The number of carbonyl (C=O) groups is 2. The second kappa shape index (κ2) is 10.9. The number of piperidine rings is 3. The van der Waals surface area contributed by atoms with Gasteiger partial charge >= 0.3 is 5.97 Å². The van der Waals surface area contributed by atoms with Gasteiger partial charge in [-0.2, -0.15) is 0 Å². The van der Waals surface area contributed by atoms with Crippen molar-refractivity contribution in [2.45, 2.75) is 37.9 Å². The lowest BCUT2D eigenvalue weighted by Crippen LogP contribution is -2.65. The first-order valence-electron chi connectivity index (χ1n) is 12.7. The zero-order valence-corrected chi connectivity index (χ0v) is 22.6. The van der Waals surface area contributed by atoms with Crippen LogP contribution in [0, 0.1) is 5.92 Å². The fourth-order valence-corrected chi connectivity index (χ4v) is 7.33. The molecule has 0 radical (unpaired) electrons. The van der Waals surface area contributed by atoms with Gasteiger partial charge in [0.2, 0.25) is 11.5 Å². The lowest BCUT2D eigenvalue weighted by Gasteiger charge is -2.52. The minimum atomic E-state index is -1.76. The SMILES string of the molecule is CC(=O)Nc1ccc(OCCC[N+]23CCC(CC2)C(OC(=O)C(O)(c2cccs2)c2cccs2)C3)cc1. The second-order valence-corrected chi connectivity index (χ2v) is 11.9. The minimum Gasteiger partial charge on any atom is -0.493 e. The van der Waals surface area contributed by atoms with Crippen LogP contribution in [0.3, 0.4) is 0 Å². The van der Waals surface area contributed by atoms with Gasteiger partial charge in [-0.1, -0.05) is 12.1 Å². The number of ether oxygens (including phenoxy) is 2. The van der Waals surface area contributed by atoms with Crippen LogP contribution in [0.1, 0.15) is 35.9 Å². The van der Waals surface area contributed by atoms with Gasteiger partial charge in [0.25, 0.3) is 0 Å². The molecule has 0 saturated carbocycles. The molecule has 3 saturated heterocycles. The maximum absolute atomic E-state index is 13.5. The number of quaternary nitrogens is 1. The molecule has 7 nitrogen and oxygen atoms in total. The van der Waals surface area contributed by atoms with Gasteiger partial charge < -0.3 is 24.4 Å². The summed E-state index contributed by atoms with van der Waals surface area (Å²) in [5, 5.41) is 18.1. The Morgan fingerprint density at radius 2 is 1.70 bits per heavy atom. The summed E-state index contributed by atoms with van der Waals surface area (Å²) >= 11 is 2.74. The van der Waals surface area contributed by atoms with Crippen LogP contribution in [0.4, 0.5) is 5.69 Å². The Morgan fingerprint density at radius 1 is 1.05 bits per heavy atom. The Hall–Kier alpha value is -2.72. The summed E-state index contributed by atoms with van der Waals surface area (Å²) in [5.41, 5.74) is -1.01. The summed E-state index contributed by atoms with van der Waals surface area (Å²) in [5.74, 6) is 0.456. The highest BCUT2D eigenvalue weighted by Crippen LogP contribution is 2.40. The van der Waals surface area contributed by atoms with E-state index < -0.39 is 11.6 Å². The number of carbonyl (C=O) groups excluding carboxylic acids is 2. The minimum absolute atomic E-state index is 0.0976. The Labute approximate surface area is 225 Å². The van der Waals surface area contributed by atoms with E-state index >= 15 is 0 Å². The number of rotatable bonds is 10. The van der Waals surface area contributed by atoms with Gasteiger partial charge in [0.1, 0.15) is 12.3 Å². The third-order valence-corrected chi connectivity index (χ3v) is 9.53. The molecule has 9 heteroatoms. The summed E-state index contributed by atoms with van der Waals surface area (Å²) in [6.45, 7) is 6.01. The molecule has 3 aliphatic rings. The molecule has 0 spiro atoms. The number of esters is 1. The van der Waals surface area contributed by atoms with E-state index in [4.69, 9.17) is 9.47 Å². The molecule has 2 bridgehead atoms. The van der Waals surface area contributed by atoms with Crippen LogP contribution in [0.2, 0.25) is 0 Å². The highest BCUT2D eigenvalue weighted by atomic mass is 32.1. The van der Waals surface area contributed by atoms with Crippen molar-refractivity contribution >= 4 is 40.2 Å². The lowest BCUT2D eigenvalue weighted by molar-refractivity contribution is -0.946. The van der Waals surface area contributed by atoms with Crippen molar-refractivity contribution in [3.05, 3.63) is 69.0 Å². The first-order valence-corrected chi connectivity index (χ1v) is 14.5. The Kier molecular flexibility index (Phi) is 7.67. The molecule has 3 fully saturated rings. The quantitative estimate of drug-likeness (QED) is 0.222. The standard InChI is InChI=1S/C28H32N2O5S2/c1-20(31)29-22-7-9-23(10-8-22)34-16-4-13-30-14-11-21(12-15-30)24(19-30)35-27(32)28(33,25-5-2-17-36-25)26-6-3-18-37-26/h2-3,5-10,17-18,21,24,33H,4,11-16,19H2,1H3/p+1. The van der Waals surface area contributed by atoms with Crippen LogP contribution >= 0.6 is 22.7 Å². The summed E-state index contributed by atoms with van der Waals surface area (Å²) in [6, 6.07) is 14.7. The largest absolute Gasteiger partial charge is 0.493 e. The van der Waals surface area contributed by atoms with Gasteiger partial charge in [-0.3, -0.25) is 4.79 Å². The van der Waals surface area contributed by atoms with Crippen molar-refractivity contribution in [2.24, 2.45) is 5.92 Å². The van der Waals surface area contributed by atoms with Gasteiger partial charge in [-0.15, -0.1) is 22.7 Å². The number of hydrogen-bond donors (Lipinski definition) is 2. The summed E-state index contributed by atoms with van der Waals surface area (Å²) in [6.07, 6.45) is 2.76. The summed E-state index contributed by atoms with van der Waals surface area (Å²) in [4.78, 5) is 25.9. The molecule has 3 aliphatic heterocycles. The Bertz CT molecular complexity index is 1150. The molecule has 6 rings (SSSR count). The Morgan fingerprint density at radius 3 is 2.27 bits per heavy atom. The monoisotopic (exact) mass is 541 g/mol. The van der Waals surface area contributed by atoms with Crippen LogP contribution in [-0.4, -0.2) is 60.4 Å². The van der Waals surface area contributed by atoms with Gasteiger partial charge in [0.05, 0.1) is 36.0 Å². The maximum atomic E-state index is 13.5. The van der Waals surface area contributed by atoms with Gasteiger partial charge in [-0.05, 0) is 47.2 Å². The molecular formula is C28H33N2O5S2+. The van der Waals surface area contributed by atoms with Crippen molar-refractivity contribution in [2.75, 3.05) is 38.1 Å². The molecule has 1 unspecified atom stereocenters. The number of amides is 1. The number of nitrogens with zero attached hydrogens (tertiary/aromatic N) is 1. The van der Waals surface area contributed by atoms with E-state index in [9.17, 15) is 14.7 Å². The first-order chi connectivity index (χ1) is 17.9. The number of anilines is 1. The number of fused-ring (bicyclic) bond motifs is 3. The number of hydrogen-bond acceptors (Lipinski definition) is 7. The summed E-state index contributed by atoms with van der Waals surface area (Å²) in [7, 11) is 0. The van der Waals surface area contributed by atoms with E-state index in [-0.39, 0.29) is 12.0 Å². The highest BCUT2D eigenvalue weighted by Gasteiger charge is 2.51. The first kappa shape index (κ1) is 25.9.